The highest BCUT2D eigenvalue weighted by molar-refractivity contribution is 6.30. The SMILES string of the molecule is CCNC(CCN1CCCC(C)(C)C1)c1cccc(Cl)c1. The minimum Gasteiger partial charge on any atom is -0.310 e. The molecule has 1 aliphatic rings. The second-order valence-corrected chi connectivity index (χ2v) is 7.43. The van der Waals surface area contributed by atoms with Crippen molar-refractivity contribution in [2.24, 2.45) is 5.41 Å². The van der Waals surface area contributed by atoms with Crippen LogP contribution in [0.15, 0.2) is 24.3 Å². The summed E-state index contributed by atoms with van der Waals surface area (Å²) in [6, 6.07) is 8.67. The van der Waals surface area contributed by atoms with Crippen LogP contribution in [0.25, 0.3) is 0 Å². The molecule has 118 valence electrons. The molecule has 1 atom stereocenters. The molecule has 1 N–H and O–H groups in total. The normalized spacial score (nSPS) is 20.4. The van der Waals surface area contributed by atoms with E-state index in [1.807, 2.05) is 12.1 Å². The van der Waals surface area contributed by atoms with Crippen LogP contribution < -0.4 is 5.32 Å². The summed E-state index contributed by atoms with van der Waals surface area (Å²) in [5.74, 6) is 0. The Morgan fingerprint density at radius 2 is 2.19 bits per heavy atom. The second-order valence-electron chi connectivity index (χ2n) is 7.00. The van der Waals surface area contributed by atoms with Crippen molar-refractivity contribution in [1.29, 1.82) is 0 Å². The molecule has 1 saturated heterocycles. The van der Waals surface area contributed by atoms with Gasteiger partial charge >= 0.3 is 0 Å². The highest BCUT2D eigenvalue weighted by Crippen LogP contribution is 2.29. The number of rotatable bonds is 6. The molecule has 2 rings (SSSR count). The Hall–Kier alpha value is -0.570. The molecular formula is C18H29ClN2. The molecule has 0 saturated carbocycles. The summed E-state index contributed by atoms with van der Waals surface area (Å²) >= 11 is 6.14. The van der Waals surface area contributed by atoms with Crippen LogP contribution in [0.4, 0.5) is 0 Å². The molecule has 1 unspecified atom stereocenters. The molecule has 0 aromatic heterocycles. The van der Waals surface area contributed by atoms with Crippen LogP contribution in [0.2, 0.25) is 5.02 Å². The number of hydrogen-bond acceptors (Lipinski definition) is 2. The fraction of sp³-hybridized carbons (Fsp3) is 0.667. The third-order valence-corrected chi connectivity index (χ3v) is 4.65. The van der Waals surface area contributed by atoms with Gasteiger partial charge in [0.2, 0.25) is 0 Å². The van der Waals surface area contributed by atoms with Crippen molar-refractivity contribution >= 4 is 11.6 Å². The fourth-order valence-electron chi connectivity index (χ4n) is 3.40. The predicted octanol–water partition coefficient (Wildman–Crippen LogP) is 4.50. The van der Waals surface area contributed by atoms with E-state index in [4.69, 9.17) is 11.6 Å². The van der Waals surface area contributed by atoms with Gasteiger partial charge in [-0.1, -0.05) is 44.5 Å². The molecule has 1 aromatic rings. The first-order valence-corrected chi connectivity index (χ1v) is 8.59. The molecule has 0 spiro atoms. The van der Waals surface area contributed by atoms with Gasteiger partial charge in [0.25, 0.3) is 0 Å². The molecule has 1 aromatic carbocycles. The van der Waals surface area contributed by atoms with Crippen molar-refractivity contribution in [3.8, 4) is 0 Å². The molecule has 0 aliphatic carbocycles. The van der Waals surface area contributed by atoms with Crippen LogP contribution in [0.5, 0.6) is 0 Å². The predicted molar refractivity (Wildman–Crippen MR) is 91.9 cm³/mol. The smallest absolute Gasteiger partial charge is 0.0409 e. The van der Waals surface area contributed by atoms with E-state index in [0.717, 1.165) is 24.5 Å². The third-order valence-electron chi connectivity index (χ3n) is 4.42. The monoisotopic (exact) mass is 308 g/mol. The van der Waals surface area contributed by atoms with Gasteiger partial charge in [-0.2, -0.15) is 0 Å². The molecule has 1 heterocycles. The first-order valence-electron chi connectivity index (χ1n) is 8.21. The van der Waals surface area contributed by atoms with Crippen molar-refractivity contribution in [3.63, 3.8) is 0 Å². The minimum atomic E-state index is 0.402. The van der Waals surface area contributed by atoms with E-state index in [-0.39, 0.29) is 0 Å². The average Bonchev–Trinajstić information content (AvgIpc) is 2.42. The maximum atomic E-state index is 6.14. The molecule has 0 radical (unpaired) electrons. The van der Waals surface area contributed by atoms with Gasteiger partial charge in [0.1, 0.15) is 0 Å². The van der Waals surface area contributed by atoms with E-state index in [1.165, 1.54) is 31.5 Å². The van der Waals surface area contributed by atoms with E-state index < -0.39 is 0 Å². The Morgan fingerprint density at radius 1 is 1.38 bits per heavy atom. The van der Waals surface area contributed by atoms with Crippen molar-refractivity contribution < 1.29 is 0 Å². The number of likely N-dealkylation sites (tertiary alicyclic amines) is 1. The van der Waals surface area contributed by atoms with E-state index >= 15 is 0 Å². The van der Waals surface area contributed by atoms with Crippen LogP contribution in [-0.2, 0) is 0 Å². The molecule has 0 amide bonds. The van der Waals surface area contributed by atoms with E-state index in [1.54, 1.807) is 0 Å². The molecule has 3 heteroatoms. The lowest BCUT2D eigenvalue weighted by atomic mass is 9.84. The van der Waals surface area contributed by atoms with Crippen LogP contribution in [-0.4, -0.2) is 31.1 Å². The summed E-state index contributed by atoms with van der Waals surface area (Å²) < 4.78 is 0. The van der Waals surface area contributed by atoms with Crippen molar-refractivity contribution in [2.45, 2.75) is 46.1 Å². The lowest BCUT2D eigenvalue weighted by Gasteiger charge is -2.38. The van der Waals surface area contributed by atoms with Gasteiger partial charge in [0.05, 0.1) is 0 Å². The lowest BCUT2D eigenvalue weighted by Crippen LogP contribution is -2.41. The zero-order valence-corrected chi connectivity index (χ0v) is 14.4. The summed E-state index contributed by atoms with van der Waals surface area (Å²) in [5.41, 5.74) is 1.78. The standard InChI is InChI=1S/C18H29ClN2/c1-4-20-17(15-7-5-8-16(19)13-15)9-12-21-11-6-10-18(2,3)14-21/h5,7-8,13,17,20H,4,6,9-12,14H2,1-3H3. The molecule has 2 nitrogen and oxygen atoms in total. The van der Waals surface area contributed by atoms with E-state index in [0.29, 0.717) is 11.5 Å². The zero-order valence-electron chi connectivity index (χ0n) is 13.7. The quantitative estimate of drug-likeness (QED) is 0.832. The number of halogens is 1. The largest absolute Gasteiger partial charge is 0.310 e. The molecule has 0 bridgehead atoms. The Morgan fingerprint density at radius 3 is 2.86 bits per heavy atom. The van der Waals surface area contributed by atoms with E-state index in [9.17, 15) is 0 Å². The van der Waals surface area contributed by atoms with Gasteiger partial charge in [0.15, 0.2) is 0 Å². The number of piperidine rings is 1. The van der Waals surface area contributed by atoms with Gasteiger partial charge in [-0.25, -0.2) is 0 Å². The van der Waals surface area contributed by atoms with Gasteiger partial charge in [-0.05, 0) is 62.0 Å². The highest BCUT2D eigenvalue weighted by Gasteiger charge is 2.26. The third kappa shape index (κ3) is 5.28. The topological polar surface area (TPSA) is 15.3 Å². The van der Waals surface area contributed by atoms with Gasteiger partial charge in [0, 0.05) is 17.6 Å². The Balaban J connectivity index is 1.94. The number of benzene rings is 1. The molecular weight excluding hydrogens is 280 g/mol. The first-order chi connectivity index (χ1) is 10.00. The Kier molecular flexibility index (Phi) is 6.09. The second kappa shape index (κ2) is 7.62. The van der Waals surface area contributed by atoms with Crippen molar-refractivity contribution in [2.75, 3.05) is 26.2 Å². The van der Waals surface area contributed by atoms with Gasteiger partial charge < -0.3 is 10.2 Å². The van der Waals surface area contributed by atoms with Crippen LogP contribution >= 0.6 is 11.6 Å². The van der Waals surface area contributed by atoms with E-state index in [2.05, 4.69) is 43.1 Å². The van der Waals surface area contributed by atoms with Gasteiger partial charge in [-0.3, -0.25) is 0 Å². The number of hydrogen-bond donors (Lipinski definition) is 1. The molecule has 1 aliphatic heterocycles. The van der Waals surface area contributed by atoms with Gasteiger partial charge in [-0.15, -0.1) is 0 Å². The van der Waals surface area contributed by atoms with Crippen LogP contribution in [0, 0.1) is 5.41 Å². The summed E-state index contributed by atoms with van der Waals surface area (Å²) in [6.07, 6.45) is 3.83. The summed E-state index contributed by atoms with van der Waals surface area (Å²) in [4.78, 5) is 2.62. The average molecular weight is 309 g/mol. The molecule has 1 fully saturated rings. The molecule has 21 heavy (non-hydrogen) atoms. The van der Waals surface area contributed by atoms with Crippen LogP contribution in [0.1, 0.15) is 51.6 Å². The van der Waals surface area contributed by atoms with Crippen molar-refractivity contribution in [1.82, 2.24) is 10.2 Å². The maximum absolute atomic E-state index is 6.14. The Labute approximate surface area is 134 Å². The minimum absolute atomic E-state index is 0.402. The number of nitrogens with zero attached hydrogens (tertiary/aromatic N) is 1. The lowest BCUT2D eigenvalue weighted by molar-refractivity contribution is 0.113. The fourth-order valence-corrected chi connectivity index (χ4v) is 3.60. The highest BCUT2D eigenvalue weighted by atomic mass is 35.5. The summed E-state index contributed by atoms with van der Waals surface area (Å²) in [5, 5.41) is 4.43. The Bertz CT molecular complexity index is 445. The first kappa shape index (κ1) is 16.8. The zero-order chi connectivity index (χ0) is 15.3. The maximum Gasteiger partial charge on any atom is 0.0409 e. The summed E-state index contributed by atoms with van der Waals surface area (Å²) in [7, 11) is 0. The number of nitrogens with one attached hydrogen (secondary N) is 1. The van der Waals surface area contributed by atoms with Crippen LogP contribution in [0.3, 0.4) is 0 Å². The summed E-state index contributed by atoms with van der Waals surface area (Å²) in [6.45, 7) is 11.6. The van der Waals surface area contributed by atoms with Crippen molar-refractivity contribution in [3.05, 3.63) is 34.9 Å².